The van der Waals surface area contributed by atoms with E-state index >= 15 is 0 Å². The summed E-state index contributed by atoms with van der Waals surface area (Å²) in [6.45, 7) is 3.68. The Labute approximate surface area is 207 Å². The lowest BCUT2D eigenvalue weighted by Gasteiger charge is -2.40. The number of halogens is 2. The van der Waals surface area contributed by atoms with E-state index in [4.69, 9.17) is 4.74 Å². The molecule has 1 spiro atoms. The van der Waals surface area contributed by atoms with Gasteiger partial charge >= 0.3 is 0 Å². The molecule has 1 aliphatic carbocycles. The molecule has 3 aliphatic heterocycles. The Kier molecular flexibility index (Phi) is 5.89. The lowest BCUT2D eigenvalue weighted by Crippen LogP contribution is -2.46. The maximum absolute atomic E-state index is 13.6. The first-order valence-electron chi connectivity index (χ1n) is 12.6. The molecule has 0 aromatic carbocycles. The monoisotopic (exact) mass is 493 g/mol. The van der Waals surface area contributed by atoms with Crippen LogP contribution in [-0.2, 0) is 16.0 Å². The summed E-state index contributed by atoms with van der Waals surface area (Å²) in [5.74, 6) is 0.619. The molecule has 3 atom stereocenters. The molecule has 2 aromatic rings. The summed E-state index contributed by atoms with van der Waals surface area (Å²) in [5.41, 5.74) is 8.78. The van der Waals surface area contributed by atoms with Crippen LogP contribution in [0.3, 0.4) is 0 Å². The summed E-state index contributed by atoms with van der Waals surface area (Å²) in [4.78, 5) is 27.9. The van der Waals surface area contributed by atoms with Gasteiger partial charge < -0.3 is 19.4 Å². The van der Waals surface area contributed by atoms with E-state index in [9.17, 15) is 13.6 Å². The largest absolute Gasteiger partial charge is 0.374 e. The lowest BCUT2D eigenvalue weighted by molar-refractivity contribution is -0.111. The predicted molar refractivity (Wildman–Crippen MR) is 130 cm³/mol. The van der Waals surface area contributed by atoms with Crippen molar-refractivity contribution in [3.63, 3.8) is 0 Å². The summed E-state index contributed by atoms with van der Waals surface area (Å²) in [6.07, 6.45) is 8.95. The molecule has 5 heterocycles. The van der Waals surface area contributed by atoms with Crippen LogP contribution in [0, 0.1) is 5.92 Å². The topological polar surface area (TPSA) is 74.3 Å². The van der Waals surface area contributed by atoms with Crippen molar-refractivity contribution in [3.05, 3.63) is 51.6 Å². The van der Waals surface area contributed by atoms with E-state index in [1.165, 1.54) is 0 Å². The maximum atomic E-state index is 13.6. The highest BCUT2D eigenvalue weighted by Crippen LogP contribution is 2.39. The van der Waals surface area contributed by atoms with Gasteiger partial charge in [0.05, 0.1) is 35.4 Å². The zero-order valence-electron chi connectivity index (χ0n) is 20.2. The molecule has 0 bridgehead atoms. The van der Waals surface area contributed by atoms with Crippen molar-refractivity contribution in [3.8, 4) is 0 Å². The SMILES string of the molecule is C[C@@H]1Cc2c([nH]c3c2=C=C=CC=3)[C@@H](c2cnc(N3CCC4(CC3)C[C@H](C=O)CO4)nc2)N1CC(F)F. The Morgan fingerprint density at radius 1 is 1.31 bits per heavy atom. The summed E-state index contributed by atoms with van der Waals surface area (Å²) >= 11 is 0. The molecule has 0 unspecified atom stereocenters. The molecule has 0 radical (unpaired) electrons. The molecule has 0 saturated carbocycles. The minimum Gasteiger partial charge on any atom is -0.374 e. The Bertz CT molecular complexity index is 1350. The van der Waals surface area contributed by atoms with Crippen LogP contribution in [0.1, 0.15) is 49.0 Å². The highest BCUT2D eigenvalue weighted by atomic mass is 19.3. The van der Waals surface area contributed by atoms with Gasteiger partial charge in [0.15, 0.2) is 0 Å². The molecule has 7 nitrogen and oxygen atoms in total. The number of aromatic nitrogens is 3. The smallest absolute Gasteiger partial charge is 0.251 e. The van der Waals surface area contributed by atoms with E-state index in [1.54, 1.807) is 18.5 Å². The van der Waals surface area contributed by atoms with Crippen LogP contribution in [0.4, 0.5) is 14.7 Å². The fraction of sp³-hybridized carbons (Fsp3) is 0.519. The number of hydrogen-bond acceptors (Lipinski definition) is 6. The van der Waals surface area contributed by atoms with E-state index in [-0.39, 0.29) is 24.1 Å². The minimum absolute atomic E-state index is 0.00817. The highest BCUT2D eigenvalue weighted by molar-refractivity contribution is 5.54. The molecular weight excluding hydrogens is 464 g/mol. The number of carbonyl (C=O) groups excluding carboxylic acids is 1. The Hall–Kier alpha value is -3.09. The van der Waals surface area contributed by atoms with Crippen molar-refractivity contribution < 1.29 is 18.3 Å². The third-order valence-corrected chi connectivity index (χ3v) is 8.08. The fourth-order valence-corrected chi connectivity index (χ4v) is 6.23. The first kappa shape index (κ1) is 23.3. The molecule has 0 amide bonds. The second-order valence-electron chi connectivity index (χ2n) is 10.3. The molecule has 9 heteroatoms. The second-order valence-corrected chi connectivity index (χ2v) is 10.3. The number of piperidine rings is 1. The van der Waals surface area contributed by atoms with Crippen LogP contribution in [-0.4, -0.2) is 70.4 Å². The number of carbonyl (C=O) groups is 1. The van der Waals surface area contributed by atoms with Crippen LogP contribution >= 0.6 is 0 Å². The Morgan fingerprint density at radius 3 is 2.78 bits per heavy atom. The van der Waals surface area contributed by atoms with Gasteiger partial charge in [-0.1, -0.05) is 11.5 Å². The van der Waals surface area contributed by atoms with Crippen molar-refractivity contribution in [2.75, 3.05) is 31.1 Å². The molecule has 6 rings (SSSR count). The number of rotatable bonds is 5. The highest BCUT2D eigenvalue weighted by Gasteiger charge is 2.43. The first-order chi connectivity index (χ1) is 17.5. The predicted octanol–water partition coefficient (Wildman–Crippen LogP) is 1.87. The number of nitrogens with zero attached hydrogens (tertiary/aromatic N) is 4. The van der Waals surface area contributed by atoms with Gasteiger partial charge in [0.25, 0.3) is 6.43 Å². The van der Waals surface area contributed by atoms with Crippen LogP contribution in [0.5, 0.6) is 0 Å². The van der Waals surface area contributed by atoms with Gasteiger partial charge in [0.2, 0.25) is 5.95 Å². The first-order valence-corrected chi connectivity index (χ1v) is 12.6. The number of aromatic amines is 1. The van der Waals surface area contributed by atoms with Gasteiger partial charge in [-0.15, -0.1) is 0 Å². The third kappa shape index (κ3) is 4.02. The van der Waals surface area contributed by atoms with Gasteiger partial charge in [-0.25, -0.2) is 18.7 Å². The van der Waals surface area contributed by atoms with Gasteiger partial charge in [-0.3, -0.25) is 4.90 Å². The standard InChI is InChI=1S/C27H29F2N5O2/c1-17-10-21-20-4-2-3-5-22(20)32-24(21)25(34(17)14-23(28)29)19-12-30-26(31-13-19)33-8-6-27(7-9-33)11-18(15-35)16-36-27/h3,5,12-13,15,17-18,23,25,32H,6-11,14,16H2,1H3/t17-,18-,25-/m1/s1. The number of nitrogens with one attached hydrogen (secondary N) is 1. The Morgan fingerprint density at radius 2 is 2.08 bits per heavy atom. The van der Waals surface area contributed by atoms with Crippen LogP contribution in [0.25, 0.3) is 11.8 Å². The van der Waals surface area contributed by atoms with Crippen molar-refractivity contribution >= 4 is 24.0 Å². The maximum Gasteiger partial charge on any atom is 0.251 e. The molecule has 2 saturated heterocycles. The van der Waals surface area contributed by atoms with Gasteiger partial charge in [0, 0.05) is 48.7 Å². The number of aldehydes is 1. The van der Waals surface area contributed by atoms with Crippen molar-refractivity contribution in [2.45, 2.75) is 56.7 Å². The number of fused-ring (bicyclic) bond motifs is 3. The zero-order valence-corrected chi connectivity index (χ0v) is 20.2. The van der Waals surface area contributed by atoms with E-state index in [0.717, 1.165) is 66.0 Å². The van der Waals surface area contributed by atoms with Crippen molar-refractivity contribution in [2.24, 2.45) is 5.92 Å². The van der Waals surface area contributed by atoms with Crippen LogP contribution in [0.15, 0.2) is 24.2 Å². The van der Waals surface area contributed by atoms with Crippen molar-refractivity contribution in [1.82, 2.24) is 19.9 Å². The van der Waals surface area contributed by atoms with Crippen molar-refractivity contribution in [1.29, 1.82) is 0 Å². The zero-order chi connectivity index (χ0) is 24.9. The Balaban J connectivity index is 1.27. The van der Waals surface area contributed by atoms with Gasteiger partial charge in [0.1, 0.15) is 6.29 Å². The molecule has 36 heavy (non-hydrogen) atoms. The average molecular weight is 494 g/mol. The third-order valence-electron chi connectivity index (χ3n) is 8.08. The van der Waals surface area contributed by atoms with E-state index in [0.29, 0.717) is 19.0 Å². The number of ether oxygens (including phenoxy) is 1. The molecule has 188 valence electrons. The van der Waals surface area contributed by atoms with E-state index in [2.05, 4.69) is 31.3 Å². The molecule has 4 aliphatic rings. The summed E-state index contributed by atoms with van der Waals surface area (Å²) < 4.78 is 33.2. The van der Waals surface area contributed by atoms with E-state index < -0.39 is 12.5 Å². The van der Waals surface area contributed by atoms with E-state index in [1.807, 2.05) is 17.9 Å². The average Bonchev–Trinajstić information content (AvgIpc) is 3.46. The lowest BCUT2D eigenvalue weighted by atomic mass is 9.86. The quantitative estimate of drug-likeness (QED) is 0.507. The summed E-state index contributed by atoms with van der Waals surface area (Å²) in [6, 6.07) is -0.479. The molecular formula is C27H29F2N5O2. The molecule has 2 fully saturated rings. The summed E-state index contributed by atoms with van der Waals surface area (Å²) in [7, 11) is 0. The molecule has 1 N–H and O–H groups in total. The minimum atomic E-state index is -2.45. The van der Waals surface area contributed by atoms with Crippen LogP contribution < -0.4 is 15.5 Å². The number of anilines is 1. The van der Waals surface area contributed by atoms with Gasteiger partial charge in [-0.05, 0) is 50.3 Å². The number of allylic oxidation sites excluding steroid dienone is 1. The van der Waals surface area contributed by atoms with Gasteiger partial charge in [-0.2, -0.15) is 0 Å². The number of alkyl halides is 2. The summed E-state index contributed by atoms with van der Waals surface area (Å²) in [5, 5.41) is 1.90. The number of hydrogen-bond donors (Lipinski definition) is 1. The second kappa shape index (κ2) is 9.09. The normalized spacial score (nSPS) is 26.6. The molecule has 2 aromatic heterocycles. The fourth-order valence-electron chi connectivity index (χ4n) is 6.23. The number of H-pyrrole nitrogens is 1. The van der Waals surface area contributed by atoms with Crippen LogP contribution in [0.2, 0.25) is 0 Å².